The van der Waals surface area contributed by atoms with E-state index in [9.17, 15) is 9.59 Å². The second-order valence-electron chi connectivity index (χ2n) is 4.69. The SMILES string of the molecule is NCC(=O)N[C@H](CNC(=O)c1cccnc1)c1ccccc1. The molecular weight excluding hydrogens is 280 g/mol. The van der Waals surface area contributed by atoms with Crippen LogP contribution in [0.2, 0.25) is 0 Å². The Bertz CT molecular complexity index is 617. The molecule has 0 spiro atoms. The van der Waals surface area contributed by atoms with Gasteiger partial charge in [0, 0.05) is 18.9 Å². The predicted molar refractivity (Wildman–Crippen MR) is 83.0 cm³/mol. The molecule has 114 valence electrons. The number of rotatable bonds is 6. The summed E-state index contributed by atoms with van der Waals surface area (Å²) in [5, 5.41) is 5.59. The zero-order valence-electron chi connectivity index (χ0n) is 12.0. The fourth-order valence-electron chi connectivity index (χ4n) is 1.98. The van der Waals surface area contributed by atoms with Gasteiger partial charge in [-0.1, -0.05) is 30.3 Å². The van der Waals surface area contributed by atoms with Crippen LogP contribution < -0.4 is 16.4 Å². The summed E-state index contributed by atoms with van der Waals surface area (Å²) < 4.78 is 0. The van der Waals surface area contributed by atoms with Crippen molar-refractivity contribution in [3.8, 4) is 0 Å². The van der Waals surface area contributed by atoms with E-state index in [1.807, 2.05) is 30.3 Å². The number of pyridine rings is 1. The van der Waals surface area contributed by atoms with Crippen molar-refractivity contribution >= 4 is 11.8 Å². The highest BCUT2D eigenvalue weighted by atomic mass is 16.2. The molecule has 6 heteroatoms. The minimum Gasteiger partial charge on any atom is -0.350 e. The molecule has 1 aromatic heterocycles. The Hall–Kier alpha value is -2.73. The topological polar surface area (TPSA) is 97.1 Å². The maximum Gasteiger partial charge on any atom is 0.252 e. The molecule has 1 atom stereocenters. The Morgan fingerprint density at radius 3 is 2.55 bits per heavy atom. The standard InChI is InChI=1S/C16H18N4O2/c17-9-15(21)20-14(12-5-2-1-3-6-12)11-19-16(22)13-7-4-8-18-10-13/h1-8,10,14H,9,11,17H2,(H,19,22)(H,20,21)/t14-/m1/s1. The van der Waals surface area contributed by atoms with Gasteiger partial charge in [-0.15, -0.1) is 0 Å². The van der Waals surface area contributed by atoms with E-state index in [0.29, 0.717) is 5.56 Å². The summed E-state index contributed by atoms with van der Waals surface area (Å²) in [6.07, 6.45) is 3.09. The molecule has 4 N–H and O–H groups in total. The lowest BCUT2D eigenvalue weighted by Crippen LogP contribution is -2.40. The van der Waals surface area contributed by atoms with Gasteiger partial charge in [0.15, 0.2) is 0 Å². The average Bonchev–Trinajstić information content (AvgIpc) is 2.59. The molecule has 2 aromatic rings. The van der Waals surface area contributed by atoms with Crippen molar-refractivity contribution in [3.63, 3.8) is 0 Å². The Morgan fingerprint density at radius 2 is 1.91 bits per heavy atom. The molecule has 2 rings (SSSR count). The van der Waals surface area contributed by atoms with E-state index in [1.54, 1.807) is 18.3 Å². The van der Waals surface area contributed by atoms with Crippen LogP contribution in [0, 0.1) is 0 Å². The second-order valence-corrected chi connectivity index (χ2v) is 4.69. The zero-order valence-corrected chi connectivity index (χ0v) is 12.0. The third-order valence-electron chi connectivity index (χ3n) is 3.11. The number of aromatic nitrogens is 1. The van der Waals surface area contributed by atoms with Gasteiger partial charge in [0.1, 0.15) is 0 Å². The number of hydrogen-bond acceptors (Lipinski definition) is 4. The highest BCUT2D eigenvalue weighted by molar-refractivity contribution is 5.93. The third-order valence-corrected chi connectivity index (χ3v) is 3.11. The Morgan fingerprint density at radius 1 is 1.14 bits per heavy atom. The van der Waals surface area contributed by atoms with E-state index >= 15 is 0 Å². The Balaban J connectivity index is 2.04. The Labute approximate surface area is 128 Å². The van der Waals surface area contributed by atoms with Gasteiger partial charge in [-0.3, -0.25) is 14.6 Å². The number of nitrogens with two attached hydrogens (primary N) is 1. The van der Waals surface area contributed by atoms with Crippen molar-refractivity contribution in [2.24, 2.45) is 5.73 Å². The molecule has 0 bridgehead atoms. The highest BCUT2D eigenvalue weighted by Gasteiger charge is 2.15. The van der Waals surface area contributed by atoms with E-state index in [1.165, 1.54) is 6.20 Å². The molecule has 1 aromatic carbocycles. The molecule has 0 saturated carbocycles. The number of carbonyl (C=O) groups excluding carboxylic acids is 2. The molecule has 0 aliphatic rings. The predicted octanol–water partition coefficient (Wildman–Crippen LogP) is 0.628. The average molecular weight is 298 g/mol. The first-order valence-corrected chi connectivity index (χ1v) is 6.93. The first kappa shape index (κ1) is 15.7. The van der Waals surface area contributed by atoms with E-state index in [4.69, 9.17) is 5.73 Å². The molecule has 0 saturated heterocycles. The molecule has 22 heavy (non-hydrogen) atoms. The summed E-state index contributed by atoms with van der Waals surface area (Å²) in [6.45, 7) is 0.170. The van der Waals surface area contributed by atoms with Gasteiger partial charge >= 0.3 is 0 Å². The first-order chi connectivity index (χ1) is 10.7. The fourth-order valence-corrected chi connectivity index (χ4v) is 1.98. The normalized spacial score (nSPS) is 11.5. The first-order valence-electron chi connectivity index (χ1n) is 6.93. The minimum atomic E-state index is -0.335. The number of nitrogens with zero attached hydrogens (tertiary/aromatic N) is 1. The maximum atomic E-state index is 12.0. The lowest BCUT2D eigenvalue weighted by atomic mass is 10.1. The molecule has 0 radical (unpaired) electrons. The smallest absolute Gasteiger partial charge is 0.252 e. The van der Waals surface area contributed by atoms with Gasteiger partial charge in [0.05, 0.1) is 18.2 Å². The fraction of sp³-hybridized carbons (Fsp3) is 0.188. The summed E-state index contributed by atoms with van der Waals surface area (Å²) in [5.41, 5.74) is 6.71. The van der Waals surface area contributed by atoms with Crippen LogP contribution in [0.5, 0.6) is 0 Å². The second kappa shape index (κ2) is 7.90. The lowest BCUT2D eigenvalue weighted by molar-refractivity contribution is -0.120. The summed E-state index contributed by atoms with van der Waals surface area (Å²) >= 11 is 0. The zero-order chi connectivity index (χ0) is 15.8. The van der Waals surface area contributed by atoms with Gasteiger partial charge < -0.3 is 16.4 Å². The van der Waals surface area contributed by atoms with Crippen LogP contribution in [0.3, 0.4) is 0 Å². The summed E-state index contributed by atoms with van der Waals surface area (Å²) in [6, 6.07) is 12.4. The molecule has 6 nitrogen and oxygen atoms in total. The quantitative estimate of drug-likeness (QED) is 0.728. The number of benzene rings is 1. The lowest BCUT2D eigenvalue weighted by Gasteiger charge is -2.19. The number of nitrogens with one attached hydrogen (secondary N) is 2. The van der Waals surface area contributed by atoms with Crippen molar-refractivity contribution in [3.05, 3.63) is 66.0 Å². The number of hydrogen-bond donors (Lipinski definition) is 3. The molecule has 0 unspecified atom stereocenters. The summed E-state index contributed by atoms with van der Waals surface area (Å²) in [4.78, 5) is 27.5. The van der Waals surface area contributed by atoms with Gasteiger partial charge in [-0.2, -0.15) is 0 Å². The van der Waals surface area contributed by atoms with E-state index in [2.05, 4.69) is 15.6 Å². The van der Waals surface area contributed by atoms with Crippen LogP contribution in [0.1, 0.15) is 22.0 Å². The van der Waals surface area contributed by atoms with Crippen molar-refractivity contribution in [2.45, 2.75) is 6.04 Å². The van der Waals surface area contributed by atoms with E-state index in [-0.39, 0.29) is 30.9 Å². The minimum absolute atomic E-state index is 0.0973. The summed E-state index contributed by atoms with van der Waals surface area (Å²) in [7, 11) is 0. The van der Waals surface area contributed by atoms with Crippen molar-refractivity contribution in [1.29, 1.82) is 0 Å². The largest absolute Gasteiger partial charge is 0.350 e. The van der Waals surface area contributed by atoms with Gasteiger partial charge in [0.25, 0.3) is 5.91 Å². The van der Waals surface area contributed by atoms with Crippen molar-refractivity contribution in [2.75, 3.05) is 13.1 Å². The van der Waals surface area contributed by atoms with Crippen molar-refractivity contribution in [1.82, 2.24) is 15.6 Å². The molecular formula is C16H18N4O2. The van der Waals surface area contributed by atoms with Crippen LogP contribution in [-0.4, -0.2) is 29.9 Å². The molecule has 0 aliphatic heterocycles. The summed E-state index contributed by atoms with van der Waals surface area (Å²) in [5.74, 6) is -0.513. The van der Waals surface area contributed by atoms with Crippen LogP contribution in [-0.2, 0) is 4.79 Å². The monoisotopic (exact) mass is 298 g/mol. The Kier molecular flexibility index (Phi) is 5.62. The van der Waals surface area contributed by atoms with Gasteiger partial charge in [0.2, 0.25) is 5.91 Å². The third kappa shape index (κ3) is 4.39. The van der Waals surface area contributed by atoms with Crippen LogP contribution >= 0.6 is 0 Å². The molecule has 0 fully saturated rings. The van der Waals surface area contributed by atoms with Crippen molar-refractivity contribution < 1.29 is 9.59 Å². The maximum absolute atomic E-state index is 12.0. The van der Waals surface area contributed by atoms with Crippen LogP contribution in [0.15, 0.2) is 54.9 Å². The van der Waals surface area contributed by atoms with Crippen LogP contribution in [0.25, 0.3) is 0 Å². The van der Waals surface area contributed by atoms with Crippen LogP contribution in [0.4, 0.5) is 0 Å². The molecule has 2 amide bonds. The van der Waals surface area contributed by atoms with Gasteiger partial charge in [-0.25, -0.2) is 0 Å². The molecule has 1 heterocycles. The van der Waals surface area contributed by atoms with E-state index in [0.717, 1.165) is 5.56 Å². The van der Waals surface area contributed by atoms with Gasteiger partial charge in [-0.05, 0) is 17.7 Å². The number of amides is 2. The highest BCUT2D eigenvalue weighted by Crippen LogP contribution is 2.11. The number of carbonyl (C=O) groups is 2. The van der Waals surface area contributed by atoms with E-state index < -0.39 is 0 Å². The molecule has 0 aliphatic carbocycles.